The molecule has 3 fully saturated rings. The number of thiazole rings is 1. The molecule has 5 aromatic rings. The molecule has 3 atom stereocenters. The number of rotatable bonds is 17. The minimum absolute atomic E-state index is 0.00495. The van der Waals surface area contributed by atoms with Crippen LogP contribution in [0.5, 0.6) is 0 Å². The summed E-state index contributed by atoms with van der Waals surface area (Å²) in [5, 5.41) is 17.2. The van der Waals surface area contributed by atoms with Gasteiger partial charge in [-0.2, -0.15) is 11.8 Å². The Bertz CT molecular complexity index is 2850. The zero-order chi connectivity index (χ0) is 51.3. The second kappa shape index (κ2) is 22.8. The van der Waals surface area contributed by atoms with Crippen molar-refractivity contribution in [1.82, 2.24) is 44.9 Å². The van der Waals surface area contributed by atoms with Gasteiger partial charge in [-0.05, 0) is 67.9 Å². The summed E-state index contributed by atoms with van der Waals surface area (Å²) in [4.78, 5) is 105. The standard InChI is InChI=1S/C53H66N10O7S2/c1-32-41-29-55-43(58-49(41)63(38-9-7-8-10-38)51(69)46(32)34(3)64)25-37-15-16-39(28-54-37)60-19-21-61(22-20-60)45(67)18-24-71-23-17-44(66)59-48(53(4,5)6)52(70)62-30-40(65)26-42(62)50(68)56-27-35-11-13-36(14-12-35)47-33(2)57-31-72-47/h11-16,28-29,31,38,40,42,48,65H,7-10,17-27,30H2,1-6H3,(H,56,68)(H,59,66)/t40-,42+,48-/m1/s1. The van der Waals surface area contributed by atoms with Crippen molar-refractivity contribution in [2.45, 2.75) is 124 Å². The Balaban J connectivity index is 0.761. The van der Waals surface area contributed by atoms with E-state index in [1.807, 2.05) is 80.7 Å². The number of hydrogen-bond acceptors (Lipinski definition) is 14. The third-order valence-corrected chi connectivity index (χ3v) is 16.1. The lowest BCUT2D eigenvalue weighted by atomic mass is 9.85. The molecular weight excluding hydrogens is 953 g/mol. The lowest BCUT2D eigenvalue weighted by Crippen LogP contribution is -2.57. The summed E-state index contributed by atoms with van der Waals surface area (Å²) in [5.74, 6) is 0.308. The minimum atomic E-state index is -0.921. The van der Waals surface area contributed by atoms with Gasteiger partial charge < -0.3 is 30.4 Å². The Morgan fingerprint density at radius 2 is 1.64 bits per heavy atom. The quantitative estimate of drug-likeness (QED) is 0.0743. The maximum Gasteiger partial charge on any atom is 0.263 e. The molecule has 0 bridgehead atoms. The molecule has 4 aromatic heterocycles. The van der Waals surface area contributed by atoms with Crippen molar-refractivity contribution in [2.24, 2.45) is 5.41 Å². The first kappa shape index (κ1) is 52.3. The highest BCUT2D eigenvalue weighted by molar-refractivity contribution is 7.99. The van der Waals surface area contributed by atoms with E-state index < -0.39 is 29.5 Å². The number of carbonyl (C=O) groups is 5. The second-order valence-electron chi connectivity index (χ2n) is 20.3. The van der Waals surface area contributed by atoms with Crippen LogP contribution in [-0.2, 0) is 32.1 Å². The van der Waals surface area contributed by atoms with E-state index in [-0.39, 0.29) is 66.6 Å². The van der Waals surface area contributed by atoms with E-state index in [4.69, 9.17) is 9.97 Å². The predicted octanol–water partition coefficient (Wildman–Crippen LogP) is 5.81. The highest BCUT2D eigenvalue weighted by atomic mass is 32.2. The van der Waals surface area contributed by atoms with Crippen molar-refractivity contribution >= 4 is 69.2 Å². The van der Waals surface area contributed by atoms with E-state index in [0.717, 1.165) is 58.8 Å². The van der Waals surface area contributed by atoms with Gasteiger partial charge in [0.15, 0.2) is 5.78 Å². The van der Waals surface area contributed by atoms with Crippen LogP contribution in [-0.4, -0.2) is 131 Å². The molecular formula is C53H66N10O7S2. The average Bonchev–Trinajstić information content (AvgIpc) is 4.14. The Kier molecular flexibility index (Phi) is 16.6. The molecule has 8 rings (SSSR count). The number of aliphatic hydroxyl groups is 1. The Morgan fingerprint density at radius 3 is 2.29 bits per heavy atom. The number of anilines is 1. The summed E-state index contributed by atoms with van der Waals surface area (Å²) in [6, 6.07) is 10.1. The number of benzene rings is 1. The highest BCUT2D eigenvalue weighted by Gasteiger charge is 2.44. The van der Waals surface area contributed by atoms with E-state index in [2.05, 4.69) is 25.5 Å². The van der Waals surface area contributed by atoms with Crippen LogP contribution in [0.25, 0.3) is 21.5 Å². The molecule has 6 heterocycles. The summed E-state index contributed by atoms with van der Waals surface area (Å²) >= 11 is 3.09. The Labute approximate surface area is 428 Å². The number of aromatic nitrogens is 5. The van der Waals surface area contributed by atoms with Gasteiger partial charge in [0, 0.05) is 93.4 Å². The van der Waals surface area contributed by atoms with Crippen LogP contribution in [0.2, 0.25) is 0 Å². The maximum absolute atomic E-state index is 14.1. The van der Waals surface area contributed by atoms with Gasteiger partial charge in [-0.25, -0.2) is 15.0 Å². The molecule has 3 N–H and O–H groups in total. The zero-order valence-electron chi connectivity index (χ0n) is 42.1. The predicted molar refractivity (Wildman–Crippen MR) is 280 cm³/mol. The number of fused-ring (bicyclic) bond motifs is 1. The summed E-state index contributed by atoms with van der Waals surface area (Å²) in [5.41, 5.74) is 6.91. The van der Waals surface area contributed by atoms with Gasteiger partial charge in [0.1, 0.15) is 23.6 Å². The molecule has 0 unspecified atom stereocenters. The molecule has 0 radical (unpaired) electrons. The van der Waals surface area contributed by atoms with Crippen molar-refractivity contribution in [3.05, 3.63) is 98.6 Å². The molecule has 4 amide bonds. The maximum atomic E-state index is 14.1. The fourth-order valence-corrected chi connectivity index (χ4v) is 11.7. The van der Waals surface area contributed by atoms with Crippen molar-refractivity contribution in [2.75, 3.05) is 49.1 Å². The van der Waals surface area contributed by atoms with Gasteiger partial charge in [-0.1, -0.05) is 57.9 Å². The molecule has 1 aromatic carbocycles. The first-order valence-corrected chi connectivity index (χ1v) is 27.0. The molecule has 382 valence electrons. The van der Waals surface area contributed by atoms with Crippen LogP contribution in [0.1, 0.15) is 117 Å². The number of ketones is 1. The second-order valence-corrected chi connectivity index (χ2v) is 22.4. The number of nitrogens with one attached hydrogen (secondary N) is 2. The van der Waals surface area contributed by atoms with E-state index >= 15 is 0 Å². The first-order chi connectivity index (χ1) is 34.5. The summed E-state index contributed by atoms with van der Waals surface area (Å²) in [6.07, 6.45) is 7.48. The van der Waals surface area contributed by atoms with Crippen LogP contribution in [0.15, 0.2) is 59.1 Å². The van der Waals surface area contributed by atoms with E-state index in [1.165, 1.54) is 23.6 Å². The average molecular weight is 1020 g/mol. The lowest BCUT2D eigenvalue weighted by molar-refractivity contribution is -0.144. The normalized spacial score (nSPS) is 17.9. The van der Waals surface area contributed by atoms with Gasteiger partial charge >= 0.3 is 0 Å². The molecule has 2 saturated heterocycles. The molecule has 19 heteroatoms. The number of carbonyl (C=O) groups excluding carboxylic acids is 5. The number of Topliss-reactive ketones (excluding diaryl/α,β-unsaturated/α-hetero) is 1. The fourth-order valence-electron chi connectivity index (χ4n) is 10.1. The van der Waals surface area contributed by atoms with Gasteiger partial charge in [-0.3, -0.25) is 38.3 Å². The molecule has 3 aliphatic rings. The number of hydrogen-bond donors (Lipinski definition) is 3. The van der Waals surface area contributed by atoms with Crippen molar-refractivity contribution in [1.29, 1.82) is 0 Å². The minimum Gasteiger partial charge on any atom is -0.391 e. The third-order valence-electron chi connectivity index (χ3n) is 14.1. The van der Waals surface area contributed by atoms with Crippen LogP contribution in [0.3, 0.4) is 0 Å². The smallest absolute Gasteiger partial charge is 0.263 e. The number of likely N-dealkylation sites (tertiary alicyclic amines) is 1. The molecule has 0 spiro atoms. The van der Waals surface area contributed by atoms with Crippen LogP contribution in [0.4, 0.5) is 5.69 Å². The zero-order valence-corrected chi connectivity index (χ0v) is 43.7. The van der Waals surface area contributed by atoms with E-state index in [9.17, 15) is 33.9 Å². The number of pyridine rings is 2. The number of aliphatic hydroxyl groups excluding tert-OH is 1. The molecule has 72 heavy (non-hydrogen) atoms. The number of piperazine rings is 1. The van der Waals surface area contributed by atoms with Crippen LogP contribution in [0, 0.1) is 19.3 Å². The summed E-state index contributed by atoms with van der Waals surface area (Å²) in [6.45, 7) is 13.5. The van der Waals surface area contributed by atoms with Gasteiger partial charge in [0.05, 0.1) is 46.1 Å². The molecule has 1 saturated carbocycles. The molecule has 2 aliphatic heterocycles. The Morgan fingerprint density at radius 1 is 0.917 bits per heavy atom. The molecule has 1 aliphatic carbocycles. The summed E-state index contributed by atoms with van der Waals surface area (Å²) < 4.78 is 1.73. The van der Waals surface area contributed by atoms with Crippen LogP contribution >= 0.6 is 23.1 Å². The van der Waals surface area contributed by atoms with Crippen molar-refractivity contribution < 1.29 is 29.1 Å². The highest BCUT2D eigenvalue weighted by Crippen LogP contribution is 2.33. The number of thioether (sulfide) groups is 1. The van der Waals surface area contributed by atoms with Gasteiger partial charge in [0.25, 0.3) is 5.56 Å². The summed E-state index contributed by atoms with van der Waals surface area (Å²) in [7, 11) is 0. The topological polar surface area (TPSA) is 213 Å². The van der Waals surface area contributed by atoms with E-state index in [0.29, 0.717) is 72.9 Å². The van der Waals surface area contributed by atoms with E-state index in [1.54, 1.807) is 29.0 Å². The van der Waals surface area contributed by atoms with Gasteiger partial charge in [-0.15, -0.1) is 11.3 Å². The SMILES string of the molecule is CC(=O)c1c(C)c2cnc(Cc3ccc(N4CCN(C(=O)CCSCCC(=O)N[C@H](C(=O)N5C[C@H](O)C[C@H]5C(=O)NCc5ccc(-c6scnc6C)cc5)C(C)(C)C)CC4)cn3)nc2n(C2CCCC2)c1=O. The number of nitrogens with zero attached hydrogens (tertiary/aromatic N) is 8. The first-order valence-electron chi connectivity index (χ1n) is 25.0. The number of aryl methyl sites for hydroxylation is 2. The van der Waals surface area contributed by atoms with Crippen molar-refractivity contribution in [3.63, 3.8) is 0 Å². The number of β-amino-alcohol motifs (C(OH)–C–C–N with tert-alkyl or cyclic N) is 1. The lowest BCUT2D eigenvalue weighted by Gasteiger charge is -2.36. The van der Waals surface area contributed by atoms with Crippen molar-refractivity contribution in [3.8, 4) is 10.4 Å². The largest absolute Gasteiger partial charge is 0.391 e. The Hall–Kier alpha value is -6.05. The monoisotopic (exact) mass is 1020 g/mol. The van der Waals surface area contributed by atoms with Gasteiger partial charge in [0.2, 0.25) is 23.6 Å². The fraction of sp³-hybridized carbons (Fsp3) is 0.509. The number of amides is 4. The van der Waals surface area contributed by atoms with Crippen LogP contribution < -0.4 is 21.1 Å². The third kappa shape index (κ3) is 12.1. The molecule has 17 nitrogen and oxygen atoms in total.